The molecule has 9 heteroatoms. The number of fused-ring (bicyclic) bond motifs is 1. The monoisotopic (exact) mass is 469 g/mol. The van der Waals surface area contributed by atoms with Crippen LogP contribution in [0.15, 0.2) is 46.2 Å². The average molecular weight is 470 g/mol. The van der Waals surface area contributed by atoms with E-state index < -0.39 is 9.84 Å². The van der Waals surface area contributed by atoms with Crippen LogP contribution < -0.4 is 10.9 Å². The number of rotatable bonds is 7. The second-order valence-corrected chi connectivity index (χ2v) is 10.9. The summed E-state index contributed by atoms with van der Waals surface area (Å²) in [7, 11) is -1.13. The van der Waals surface area contributed by atoms with Crippen LogP contribution in [0.4, 0.5) is 5.95 Å². The van der Waals surface area contributed by atoms with E-state index >= 15 is 0 Å². The van der Waals surface area contributed by atoms with Crippen LogP contribution in [0, 0.1) is 5.92 Å². The van der Waals surface area contributed by atoms with E-state index in [-0.39, 0.29) is 10.5 Å². The van der Waals surface area contributed by atoms with Crippen LogP contribution in [-0.2, 0) is 16.4 Å². The number of aryl methyl sites for hydroxylation is 1. The number of likely N-dealkylation sites (tertiary alicyclic amines) is 1. The molecule has 1 saturated heterocycles. The summed E-state index contributed by atoms with van der Waals surface area (Å²) in [5, 5.41) is 4.09. The molecule has 0 bridgehead atoms. The smallest absolute Gasteiger partial charge is 0.260 e. The minimum atomic E-state index is -3.29. The van der Waals surface area contributed by atoms with E-state index in [0.717, 1.165) is 37.4 Å². The highest BCUT2D eigenvalue weighted by molar-refractivity contribution is 7.90. The van der Waals surface area contributed by atoms with Gasteiger partial charge in [0.15, 0.2) is 9.84 Å². The minimum Gasteiger partial charge on any atom is -0.354 e. The first-order chi connectivity index (χ1) is 15.8. The zero-order valence-electron chi connectivity index (χ0n) is 19.4. The van der Waals surface area contributed by atoms with Crippen molar-refractivity contribution in [1.29, 1.82) is 0 Å². The molecule has 0 atom stereocenters. The molecule has 0 spiro atoms. The topological polar surface area (TPSA) is 97.2 Å². The zero-order chi connectivity index (χ0) is 23.6. The van der Waals surface area contributed by atoms with Crippen molar-refractivity contribution in [3.05, 3.63) is 46.9 Å². The van der Waals surface area contributed by atoms with Gasteiger partial charge in [0.1, 0.15) is 5.65 Å². The summed E-state index contributed by atoms with van der Waals surface area (Å²) in [6.45, 7) is 5.49. The van der Waals surface area contributed by atoms with E-state index in [2.05, 4.69) is 27.2 Å². The van der Waals surface area contributed by atoms with Gasteiger partial charge in [0.25, 0.3) is 5.56 Å². The Bertz CT molecular complexity index is 1290. The van der Waals surface area contributed by atoms with Crippen LogP contribution in [0.3, 0.4) is 0 Å². The summed E-state index contributed by atoms with van der Waals surface area (Å²) in [5.41, 5.74) is 1.59. The van der Waals surface area contributed by atoms with Gasteiger partial charge in [0.05, 0.1) is 4.90 Å². The third-order valence-electron chi connectivity index (χ3n) is 6.41. The Labute approximate surface area is 194 Å². The van der Waals surface area contributed by atoms with Crippen molar-refractivity contribution in [2.24, 2.45) is 5.92 Å². The standard InChI is InChI=1S/C24H31N5O3S/c1-4-29-22-19(15-21(23(29)30)18-5-7-20(8-6-18)33(3,31)32)16-26-24(27-22)25-12-9-17-10-13-28(2)14-11-17/h5-8,15-17H,4,9-14H2,1-3H3,(H,25,26,27). The molecule has 0 radical (unpaired) electrons. The van der Waals surface area contributed by atoms with Crippen molar-refractivity contribution in [2.75, 3.05) is 38.3 Å². The molecule has 33 heavy (non-hydrogen) atoms. The summed E-state index contributed by atoms with van der Waals surface area (Å²) < 4.78 is 25.1. The first-order valence-electron chi connectivity index (χ1n) is 11.4. The van der Waals surface area contributed by atoms with E-state index in [1.165, 1.54) is 31.2 Å². The fraction of sp³-hybridized carbons (Fsp3) is 0.458. The number of piperidine rings is 1. The third-order valence-corrected chi connectivity index (χ3v) is 7.54. The summed E-state index contributed by atoms with van der Waals surface area (Å²) in [5.74, 6) is 1.25. The number of nitrogens with zero attached hydrogens (tertiary/aromatic N) is 4. The number of aromatic nitrogens is 3. The van der Waals surface area contributed by atoms with Crippen molar-refractivity contribution in [3.8, 4) is 11.1 Å². The van der Waals surface area contributed by atoms with Gasteiger partial charge >= 0.3 is 0 Å². The first-order valence-corrected chi connectivity index (χ1v) is 13.3. The second kappa shape index (κ2) is 9.61. The maximum atomic E-state index is 13.2. The first kappa shape index (κ1) is 23.4. The molecule has 1 aliphatic heterocycles. The molecule has 0 unspecified atom stereocenters. The highest BCUT2D eigenvalue weighted by Gasteiger charge is 2.17. The lowest BCUT2D eigenvalue weighted by molar-refractivity contribution is 0.215. The van der Waals surface area contributed by atoms with Gasteiger partial charge in [-0.2, -0.15) is 4.98 Å². The number of pyridine rings is 1. The van der Waals surface area contributed by atoms with Crippen LogP contribution in [-0.4, -0.2) is 60.8 Å². The van der Waals surface area contributed by atoms with Crippen LogP contribution >= 0.6 is 0 Å². The average Bonchev–Trinajstić information content (AvgIpc) is 2.79. The molecule has 4 rings (SSSR count). The number of nitrogens with one attached hydrogen (secondary N) is 1. The molecular formula is C24H31N5O3S. The number of benzene rings is 1. The molecule has 3 aromatic rings. The van der Waals surface area contributed by atoms with Crippen LogP contribution in [0.5, 0.6) is 0 Å². The Balaban J connectivity index is 1.57. The molecule has 1 N–H and O–H groups in total. The van der Waals surface area contributed by atoms with Crippen molar-refractivity contribution in [3.63, 3.8) is 0 Å². The normalized spacial score (nSPS) is 15.7. The molecule has 176 valence electrons. The fourth-order valence-corrected chi connectivity index (χ4v) is 5.00. The maximum Gasteiger partial charge on any atom is 0.260 e. The SMILES string of the molecule is CCn1c(=O)c(-c2ccc(S(C)(=O)=O)cc2)cc2cnc(NCCC3CCN(C)CC3)nc21. The molecule has 3 heterocycles. The van der Waals surface area contributed by atoms with Crippen molar-refractivity contribution >= 4 is 26.8 Å². The molecule has 2 aromatic heterocycles. The third kappa shape index (κ3) is 5.25. The van der Waals surface area contributed by atoms with Gasteiger partial charge in [0.2, 0.25) is 5.95 Å². The second-order valence-electron chi connectivity index (χ2n) is 8.84. The van der Waals surface area contributed by atoms with Crippen molar-refractivity contribution in [2.45, 2.75) is 37.6 Å². The Morgan fingerprint density at radius 2 is 1.85 bits per heavy atom. The van der Waals surface area contributed by atoms with Gasteiger partial charge in [0, 0.05) is 36.5 Å². The van der Waals surface area contributed by atoms with Crippen LogP contribution in [0.1, 0.15) is 26.2 Å². The van der Waals surface area contributed by atoms with Gasteiger partial charge in [-0.25, -0.2) is 13.4 Å². The molecular weight excluding hydrogens is 438 g/mol. The number of hydrogen-bond acceptors (Lipinski definition) is 7. The van der Waals surface area contributed by atoms with Crippen molar-refractivity contribution in [1.82, 2.24) is 19.4 Å². The molecule has 1 fully saturated rings. The molecule has 1 aromatic carbocycles. The van der Waals surface area contributed by atoms with Gasteiger partial charge in [-0.15, -0.1) is 0 Å². The quantitative estimate of drug-likeness (QED) is 0.568. The number of anilines is 1. The van der Waals surface area contributed by atoms with E-state index in [9.17, 15) is 13.2 Å². The van der Waals surface area contributed by atoms with E-state index in [4.69, 9.17) is 0 Å². The Morgan fingerprint density at radius 1 is 1.15 bits per heavy atom. The lowest BCUT2D eigenvalue weighted by atomic mass is 9.94. The Hall–Kier alpha value is -2.78. The highest BCUT2D eigenvalue weighted by Crippen LogP contribution is 2.23. The van der Waals surface area contributed by atoms with Crippen LogP contribution in [0.2, 0.25) is 0 Å². The van der Waals surface area contributed by atoms with E-state index in [1.54, 1.807) is 29.0 Å². The summed E-state index contributed by atoms with van der Waals surface area (Å²) >= 11 is 0. The lowest BCUT2D eigenvalue weighted by Crippen LogP contribution is -2.31. The summed E-state index contributed by atoms with van der Waals surface area (Å²) in [6, 6.07) is 8.16. The molecule has 1 aliphatic rings. The fourth-order valence-electron chi connectivity index (χ4n) is 4.36. The number of hydrogen-bond donors (Lipinski definition) is 1. The molecule has 0 saturated carbocycles. The maximum absolute atomic E-state index is 13.2. The molecule has 0 amide bonds. The lowest BCUT2D eigenvalue weighted by Gasteiger charge is -2.28. The van der Waals surface area contributed by atoms with E-state index in [1.807, 2.05) is 6.92 Å². The number of sulfone groups is 1. The van der Waals surface area contributed by atoms with Gasteiger partial charge in [-0.1, -0.05) is 12.1 Å². The largest absolute Gasteiger partial charge is 0.354 e. The Kier molecular flexibility index (Phi) is 6.81. The minimum absolute atomic E-state index is 0.159. The predicted octanol–water partition coefficient (Wildman–Crippen LogP) is 3.03. The molecule has 0 aliphatic carbocycles. The Morgan fingerprint density at radius 3 is 2.48 bits per heavy atom. The highest BCUT2D eigenvalue weighted by atomic mass is 32.2. The summed E-state index contributed by atoms with van der Waals surface area (Å²) in [6.07, 6.45) is 6.43. The van der Waals surface area contributed by atoms with Gasteiger partial charge < -0.3 is 10.2 Å². The van der Waals surface area contributed by atoms with Crippen LogP contribution in [0.25, 0.3) is 22.2 Å². The molecule has 8 nitrogen and oxygen atoms in total. The van der Waals surface area contributed by atoms with Gasteiger partial charge in [-0.3, -0.25) is 9.36 Å². The summed E-state index contributed by atoms with van der Waals surface area (Å²) in [4.78, 5) is 24.9. The zero-order valence-corrected chi connectivity index (χ0v) is 20.2. The predicted molar refractivity (Wildman–Crippen MR) is 131 cm³/mol. The van der Waals surface area contributed by atoms with Gasteiger partial charge in [-0.05, 0) is 76.0 Å². The van der Waals surface area contributed by atoms with Crippen molar-refractivity contribution < 1.29 is 8.42 Å². The van der Waals surface area contributed by atoms with E-state index in [0.29, 0.717) is 29.3 Å².